The number of carbonyl (C=O) groups is 1. The van der Waals surface area contributed by atoms with Crippen LogP contribution in [0.4, 0.5) is 5.69 Å². The van der Waals surface area contributed by atoms with E-state index in [9.17, 15) is 4.79 Å². The Kier molecular flexibility index (Phi) is 6.66. The molecule has 0 aliphatic rings. The van der Waals surface area contributed by atoms with E-state index in [1.54, 1.807) is 43.5 Å². The van der Waals surface area contributed by atoms with Gasteiger partial charge in [-0.25, -0.2) is 0 Å². The molecule has 2 aromatic carbocycles. The molecule has 2 aromatic rings. The Labute approximate surface area is 152 Å². The molecule has 5 heteroatoms. The van der Waals surface area contributed by atoms with E-state index in [4.69, 9.17) is 21.1 Å². The minimum Gasteiger partial charge on any atom is -0.493 e. The molecule has 0 aromatic heterocycles. The largest absolute Gasteiger partial charge is 0.493 e. The first kappa shape index (κ1) is 18.6. The van der Waals surface area contributed by atoms with Gasteiger partial charge in [0.25, 0.3) is 0 Å². The van der Waals surface area contributed by atoms with E-state index in [0.717, 1.165) is 11.1 Å². The molecule has 25 heavy (non-hydrogen) atoms. The van der Waals surface area contributed by atoms with Crippen molar-refractivity contribution < 1.29 is 14.3 Å². The molecule has 0 bridgehead atoms. The van der Waals surface area contributed by atoms with Gasteiger partial charge >= 0.3 is 0 Å². The van der Waals surface area contributed by atoms with Crippen LogP contribution in [0, 0.1) is 6.92 Å². The van der Waals surface area contributed by atoms with Gasteiger partial charge in [-0.05, 0) is 48.4 Å². The van der Waals surface area contributed by atoms with Crippen molar-refractivity contribution in [3.05, 3.63) is 71.3 Å². The number of hydrogen-bond acceptors (Lipinski definition) is 3. The minimum atomic E-state index is -0.267. The number of anilines is 1. The van der Waals surface area contributed by atoms with E-state index in [-0.39, 0.29) is 5.91 Å². The Morgan fingerprint density at radius 1 is 1.24 bits per heavy atom. The number of benzene rings is 2. The molecule has 0 saturated carbocycles. The van der Waals surface area contributed by atoms with Crippen molar-refractivity contribution in [1.29, 1.82) is 0 Å². The van der Waals surface area contributed by atoms with Crippen molar-refractivity contribution in [2.24, 2.45) is 0 Å². The maximum absolute atomic E-state index is 12.1. The van der Waals surface area contributed by atoms with Crippen molar-refractivity contribution >= 4 is 29.3 Å². The summed E-state index contributed by atoms with van der Waals surface area (Å²) < 4.78 is 10.8. The van der Waals surface area contributed by atoms with Crippen LogP contribution in [-0.2, 0) is 4.79 Å². The maximum atomic E-state index is 12.1. The summed E-state index contributed by atoms with van der Waals surface area (Å²) in [5.41, 5.74) is 2.42. The van der Waals surface area contributed by atoms with Crippen molar-refractivity contribution in [3.8, 4) is 11.5 Å². The second-order valence-corrected chi connectivity index (χ2v) is 5.72. The highest BCUT2D eigenvalue weighted by molar-refractivity contribution is 6.33. The van der Waals surface area contributed by atoms with E-state index in [2.05, 4.69) is 11.9 Å². The van der Waals surface area contributed by atoms with E-state index in [1.165, 1.54) is 6.08 Å². The lowest BCUT2D eigenvalue weighted by Gasteiger charge is -2.09. The average Bonchev–Trinajstić information content (AvgIpc) is 2.60. The number of halogens is 1. The highest BCUT2D eigenvalue weighted by Gasteiger charge is 2.06. The molecule has 0 spiro atoms. The zero-order valence-electron chi connectivity index (χ0n) is 14.2. The number of carbonyl (C=O) groups excluding carboxylic acids is 1. The molecule has 1 N–H and O–H groups in total. The fourth-order valence-corrected chi connectivity index (χ4v) is 2.41. The first-order valence-electron chi connectivity index (χ1n) is 7.70. The van der Waals surface area contributed by atoms with E-state index in [1.807, 2.05) is 19.1 Å². The van der Waals surface area contributed by atoms with Crippen LogP contribution < -0.4 is 14.8 Å². The Morgan fingerprint density at radius 3 is 2.72 bits per heavy atom. The van der Waals surface area contributed by atoms with Gasteiger partial charge in [-0.3, -0.25) is 4.79 Å². The summed E-state index contributed by atoms with van der Waals surface area (Å²) in [6.07, 6.45) is 4.79. The number of aryl methyl sites for hydroxylation is 1. The summed E-state index contributed by atoms with van der Waals surface area (Å²) in [6.45, 7) is 5.94. The molecule has 0 fully saturated rings. The number of ether oxygens (including phenoxy) is 2. The normalized spacial score (nSPS) is 10.5. The summed E-state index contributed by atoms with van der Waals surface area (Å²) in [4.78, 5) is 12.1. The number of nitrogens with one attached hydrogen (secondary N) is 1. The highest BCUT2D eigenvalue weighted by atomic mass is 35.5. The molecular formula is C20H20ClNO3. The molecule has 130 valence electrons. The van der Waals surface area contributed by atoms with Crippen LogP contribution in [-0.4, -0.2) is 19.6 Å². The number of hydrogen-bond donors (Lipinski definition) is 1. The smallest absolute Gasteiger partial charge is 0.248 e. The number of methoxy groups -OCH3 is 1. The Bertz CT molecular complexity index is 800. The fourth-order valence-electron chi connectivity index (χ4n) is 2.12. The van der Waals surface area contributed by atoms with Crippen molar-refractivity contribution in [2.45, 2.75) is 6.92 Å². The van der Waals surface area contributed by atoms with Crippen LogP contribution in [0.5, 0.6) is 11.5 Å². The van der Waals surface area contributed by atoms with Crippen LogP contribution in [0.15, 0.2) is 55.1 Å². The van der Waals surface area contributed by atoms with Gasteiger partial charge in [-0.15, -0.1) is 0 Å². The predicted octanol–water partition coefficient (Wildman–Crippen LogP) is 4.87. The lowest BCUT2D eigenvalue weighted by atomic mass is 10.2. The van der Waals surface area contributed by atoms with Crippen LogP contribution >= 0.6 is 11.6 Å². The molecule has 4 nitrogen and oxygen atoms in total. The topological polar surface area (TPSA) is 47.6 Å². The minimum absolute atomic E-state index is 0.267. The third-order valence-corrected chi connectivity index (χ3v) is 3.67. The Morgan fingerprint density at radius 2 is 2.04 bits per heavy atom. The van der Waals surface area contributed by atoms with Gasteiger partial charge in [0, 0.05) is 6.08 Å². The standard InChI is InChI=1S/C20H20ClNO3/c1-4-11-25-18-9-6-15(13-19(18)24-3)7-10-20(23)22-17-8-5-14(2)12-16(17)21/h4-10,12-13H,1,11H2,2-3H3,(H,22,23)/b10-7+. The maximum Gasteiger partial charge on any atom is 0.248 e. The quantitative estimate of drug-likeness (QED) is 0.567. The van der Waals surface area contributed by atoms with Gasteiger partial charge in [0.15, 0.2) is 11.5 Å². The first-order valence-corrected chi connectivity index (χ1v) is 8.08. The molecule has 0 unspecified atom stereocenters. The fraction of sp³-hybridized carbons (Fsp3) is 0.150. The highest BCUT2D eigenvalue weighted by Crippen LogP contribution is 2.28. The third kappa shape index (κ3) is 5.40. The molecular weight excluding hydrogens is 338 g/mol. The van der Waals surface area contributed by atoms with Gasteiger partial charge in [-0.1, -0.05) is 36.4 Å². The Balaban J connectivity index is 2.07. The molecule has 0 saturated heterocycles. The molecule has 2 rings (SSSR count). The van der Waals surface area contributed by atoms with Crippen LogP contribution in [0.1, 0.15) is 11.1 Å². The van der Waals surface area contributed by atoms with Gasteiger partial charge in [0.2, 0.25) is 5.91 Å². The van der Waals surface area contributed by atoms with Crippen molar-refractivity contribution in [3.63, 3.8) is 0 Å². The van der Waals surface area contributed by atoms with Crippen LogP contribution in [0.25, 0.3) is 6.08 Å². The molecule has 0 atom stereocenters. The zero-order valence-corrected chi connectivity index (χ0v) is 15.0. The monoisotopic (exact) mass is 357 g/mol. The van der Waals surface area contributed by atoms with E-state index < -0.39 is 0 Å². The Hall–Kier alpha value is -2.72. The van der Waals surface area contributed by atoms with Crippen molar-refractivity contribution in [1.82, 2.24) is 0 Å². The summed E-state index contributed by atoms with van der Waals surface area (Å²) in [5.74, 6) is 0.943. The average molecular weight is 358 g/mol. The van der Waals surface area contributed by atoms with Gasteiger partial charge in [0.1, 0.15) is 6.61 Å². The SMILES string of the molecule is C=CCOc1ccc(/C=C/C(=O)Nc2ccc(C)cc2Cl)cc1OC. The molecule has 0 aliphatic carbocycles. The zero-order chi connectivity index (χ0) is 18.2. The lowest BCUT2D eigenvalue weighted by molar-refractivity contribution is -0.111. The summed E-state index contributed by atoms with van der Waals surface area (Å²) in [7, 11) is 1.57. The summed E-state index contributed by atoms with van der Waals surface area (Å²) in [6, 6.07) is 10.9. The van der Waals surface area contributed by atoms with E-state index >= 15 is 0 Å². The molecule has 0 heterocycles. The number of amides is 1. The van der Waals surface area contributed by atoms with Gasteiger partial charge in [0.05, 0.1) is 17.8 Å². The predicted molar refractivity (Wildman–Crippen MR) is 103 cm³/mol. The number of rotatable bonds is 7. The lowest BCUT2D eigenvalue weighted by Crippen LogP contribution is -2.08. The molecule has 0 aliphatic heterocycles. The second-order valence-electron chi connectivity index (χ2n) is 5.32. The third-order valence-electron chi connectivity index (χ3n) is 3.35. The molecule has 1 amide bonds. The van der Waals surface area contributed by atoms with Crippen LogP contribution in [0.2, 0.25) is 5.02 Å². The molecule has 0 radical (unpaired) electrons. The summed E-state index contributed by atoms with van der Waals surface area (Å²) >= 11 is 6.11. The van der Waals surface area contributed by atoms with E-state index in [0.29, 0.717) is 28.8 Å². The van der Waals surface area contributed by atoms with Crippen LogP contribution in [0.3, 0.4) is 0 Å². The first-order chi connectivity index (χ1) is 12.0. The van der Waals surface area contributed by atoms with Gasteiger partial charge in [-0.2, -0.15) is 0 Å². The van der Waals surface area contributed by atoms with Gasteiger partial charge < -0.3 is 14.8 Å². The second kappa shape index (κ2) is 8.94. The van der Waals surface area contributed by atoms with Crippen molar-refractivity contribution in [2.75, 3.05) is 19.0 Å². The summed E-state index contributed by atoms with van der Waals surface area (Å²) in [5, 5.41) is 3.26.